The molecule has 0 aliphatic heterocycles. The zero-order chi connectivity index (χ0) is 10.6. The lowest BCUT2D eigenvalue weighted by molar-refractivity contribution is -0.151. The van der Waals surface area contributed by atoms with E-state index in [1.807, 2.05) is 13.8 Å². The Kier molecular flexibility index (Phi) is 4.11. The SMILES string of the molecule is CCC(C)(OC1CCCCC1)C(C)=O. The number of hydrogen-bond acceptors (Lipinski definition) is 2. The van der Waals surface area contributed by atoms with Crippen molar-refractivity contribution in [3.8, 4) is 0 Å². The Balaban J connectivity index is 2.50. The molecule has 1 atom stereocenters. The van der Waals surface area contributed by atoms with Gasteiger partial charge in [0.25, 0.3) is 0 Å². The van der Waals surface area contributed by atoms with E-state index >= 15 is 0 Å². The van der Waals surface area contributed by atoms with E-state index in [0.717, 1.165) is 19.3 Å². The van der Waals surface area contributed by atoms with Gasteiger partial charge in [-0.15, -0.1) is 0 Å². The van der Waals surface area contributed by atoms with E-state index in [0.29, 0.717) is 6.10 Å². The predicted octanol–water partition coefficient (Wildman–Crippen LogP) is 3.09. The van der Waals surface area contributed by atoms with Crippen molar-refractivity contribution < 1.29 is 9.53 Å². The second kappa shape index (κ2) is 4.92. The largest absolute Gasteiger partial charge is 0.364 e. The Morgan fingerprint density at radius 2 is 1.93 bits per heavy atom. The molecular weight excluding hydrogens is 176 g/mol. The van der Waals surface area contributed by atoms with Crippen molar-refractivity contribution in [2.75, 3.05) is 0 Å². The molecule has 14 heavy (non-hydrogen) atoms. The maximum absolute atomic E-state index is 11.4. The second-order valence-corrected chi connectivity index (χ2v) is 4.52. The number of carbonyl (C=O) groups excluding carboxylic acids is 1. The highest BCUT2D eigenvalue weighted by atomic mass is 16.5. The quantitative estimate of drug-likeness (QED) is 0.694. The Morgan fingerprint density at radius 1 is 1.36 bits per heavy atom. The van der Waals surface area contributed by atoms with E-state index in [1.165, 1.54) is 19.3 Å². The van der Waals surface area contributed by atoms with Crippen molar-refractivity contribution in [1.29, 1.82) is 0 Å². The smallest absolute Gasteiger partial charge is 0.161 e. The molecule has 1 fully saturated rings. The molecule has 0 heterocycles. The Morgan fingerprint density at radius 3 is 2.36 bits per heavy atom. The van der Waals surface area contributed by atoms with Crippen LogP contribution in [0, 0.1) is 0 Å². The van der Waals surface area contributed by atoms with E-state index in [2.05, 4.69) is 0 Å². The Bertz CT molecular complexity index is 194. The minimum Gasteiger partial charge on any atom is -0.364 e. The second-order valence-electron chi connectivity index (χ2n) is 4.52. The average molecular weight is 198 g/mol. The van der Waals surface area contributed by atoms with Crippen LogP contribution in [0.15, 0.2) is 0 Å². The fourth-order valence-corrected chi connectivity index (χ4v) is 1.97. The molecule has 1 aliphatic carbocycles. The molecule has 82 valence electrons. The molecule has 0 aromatic carbocycles. The summed E-state index contributed by atoms with van der Waals surface area (Å²) in [6.07, 6.45) is 7.18. The van der Waals surface area contributed by atoms with Gasteiger partial charge in [-0.2, -0.15) is 0 Å². The molecule has 0 spiro atoms. The Labute approximate surface area is 87.0 Å². The number of hydrogen-bond donors (Lipinski definition) is 0. The number of ketones is 1. The summed E-state index contributed by atoms with van der Waals surface area (Å²) in [4.78, 5) is 11.4. The van der Waals surface area contributed by atoms with Crippen molar-refractivity contribution in [2.45, 2.75) is 71.0 Å². The van der Waals surface area contributed by atoms with Crippen LogP contribution in [0.25, 0.3) is 0 Å². The minimum atomic E-state index is -0.540. The monoisotopic (exact) mass is 198 g/mol. The third kappa shape index (κ3) is 2.81. The molecule has 1 unspecified atom stereocenters. The molecule has 0 radical (unpaired) electrons. The summed E-state index contributed by atoms with van der Waals surface area (Å²) in [7, 11) is 0. The molecule has 0 amide bonds. The van der Waals surface area contributed by atoms with Gasteiger partial charge in [-0.1, -0.05) is 26.2 Å². The molecule has 2 heteroatoms. The van der Waals surface area contributed by atoms with Crippen LogP contribution in [-0.4, -0.2) is 17.5 Å². The molecule has 0 aromatic rings. The highest BCUT2D eigenvalue weighted by molar-refractivity contribution is 5.84. The molecule has 1 rings (SSSR count). The van der Waals surface area contributed by atoms with Crippen LogP contribution in [0.1, 0.15) is 59.3 Å². The highest BCUT2D eigenvalue weighted by Gasteiger charge is 2.32. The summed E-state index contributed by atoms with van der Waals surface area (Å²) in [5.74, 6) is 0.158. The van der Waals surface area contributed by atoms with Crippen molar-refractivity contribution >= 4 is 5.78 Å². The first-order valence-electron chi connectivity index (χ1n) is 5.77. The molecule has 2 nitrogen and oxygen atoms in total. The number of Topliss-reactive ketones (excluding diaryl/α,β-unsaturated/α-hetero) is 1. The topological polar surface area (TPSA) is 26.3 Å². The normalized spacial score (nSPS) is 23.1. The summed E-state index contributed by atoms with van der Waals surface area (Å²) in [6, 6.07) is 0. The summed E-state index contributed by atoms with van der Waals surface area (Å²) < 4.78 is 5.94. The first-order valence-corrected chi connectivity index (χ1v) is 5.77. The average Bonchev–Trinajstić information content (AvgIpc) is 2.19. The maximum atomic E-state index is 11.4. The zero-order valence-corrected chi connectivity index (χ0v) is 9.64. The Hall–Kier alpha value is -0.370. The van der Waals surface area contributed by atoms with Gasteiger partial charge in [0.05, 0.1) is 6.10 Å². The van der Waals surface area contributed by atoms with Crippen LogP contribution in [0.5, 0.6) is 0 Å². The van der Waals surface area contributed by atoms with Crippen LogP contribution >= 0.6 is 0 Å². The fourth-order valence-electron chi connectivity index (χ4n) is 1.97. The molecule has 0 bridgehead atoms. The summed E-state index contributed by atoms with van der Waals surface area (Å²) in [5, 5.41) is 0. The van der Waals surface area contributed by atoms with E-state index in [4.69, 9.17) is 4.74 Å². The van der Waals surface area contributed by atoms with Crippen LogP contribution in [0.3, 0.4) is 0 Å². The van der Waals surface area contributed by atoms with Crippen molar-refractivity contribution in [3.05, 3.63) is 0 Å². The third-order valence-electron chi connectivity index (χ3n) is 3.40. The van der Waals surface area contributed by atoms with Gasteiger partial charge in [-0.3, -0.25) is 4.79 Å². The lowest BCUT2D eigenvalue weighted by Gasteiger charge is -2.33. The fraction of sp³-hybridized carbons (Fsp3) is 0.917. The minimum absolute atomic E-state index is 0.158. The number of ether oxygens (including phenoxy) is 1. The van der Waals surface area contributed by atoms with Gasteiger partial charge in [-0.25, -0.2) is 0 Å². The predicted molar refractivity (Wildman–Crippen MR) is 57.3 cm³/mol. The van der Waals surface area contributed by atoms with Gasteiger partial charge in [0.2, 0.25) is 0 Å². The molecular formula is C12H22O2. The van der Waals surface area contributed by atoms with Gasteiger partial charge in [0.15, 0.2) is 5.78 Å². The van der Waals surface area contributed by atoms with Crippen molar-refractivity contribution in [2.24, 2.45) is 0 Å². The van der Waals surface area contributed by atoms with Crippen molar-refractivity contribution in [1.82, 2.24) is 0 Å². The van der Waals surface area contributed by atoms with Gasteiger partial charge in [0, 0.05) is 0 Å². The number of carbonyl (C=O) groups is 1. The lowest BCUT2D eigenvalue weighted by Crippen LogP contribution is -2.40. The molecule has 0 aromatic heterocycles. The van der Waals surface area contributed by atoms with Crippen molar-refractivity contribution in [3.63, 3.8) is 0 Å². The maximum Gasteiger partial charge on any atom is 0.161 e. The summed E-state index contributed by atoms with van der Waals surface area (Å²) in [5.41, 5.74) is -0.540. The molecule has 1 saturated carbocycles. The summed E-state index contributed by atoms with van der Waals surface area (Å²) in [6.45, 7) is 5.57. The summed E-state index contributed by atoms with van der Waals surface area (Å²) >= 11 is 0. The first-order chi connectivity index (χ1) is 6.58. The zero-order valence-electron chi connectivity index (χ0n) is 9.64. The van der Waals surface area contributed by atoms with E-state index in [1.54, 1.807) is 6.92 Å². The van der Waals surface area contributed by atoms with Crippen LogP contribution in [-0.2, 0) is 9.53 Å². The van der Waals surface area contributed by atoms with Crippen LogP contribution in [0.4, 0.5) is 0 Å². The van der Waals surface area contributed by atoms with E-state index < -0.39 is 5.60 Å². The van der Waals surface area contributed by atoms with Gasteiger partial charge < -0.3 is 4.74 Å². The standard InChI is InChI=1S/C12H22O2/c1-4-12(3,10(2)13)14-11-8-6-5-7-9-11/h11H,4-9H2,1-3H3. The molecule has 1 aliphatic rings. The highest BCUT2D eigenvalue weighted by Crippen LogP contribution is 2.27. The van der Waals surface area contributed by atoms with Gasteiger partial charge in [-0.05, 0) is 33.1 Å². The third-order valence-corrected chi connectivity index (χ3v) is 3.40. The van der Waals surface area contributed by atoms with Crippen LogP contribution < -0.4 is 0 Å². The van der Waals surface area contributed by atoms with Gasteiger partial charge in [0.1, 0.15) is 5.60 Å². The van der Waals surface area contributed by atoms with E-state index in [-0.39, 0.29) is 5.78 Å². The van der Waals surface area contributed by atoms with E-state index in [9.17, 15) is 4.79 Å². The first kappa shape index (κ1) is 11.7. The van der Waals surface area contributed by atoms with Gasteiger partial charge >= 0.3 is 0 Å². The van der Waals surface area contributed by atoms with Crippen LogP contribution in [0.2, 0.25) is 0 Å². The number of rotatable bonds is 4. The molecule has 0 N–H and O–H groups in total. The molecule has 0 saturated heterocycles. The lowest BCUT2D eigenvalue weighted by atomic mass is 9.94.